The van der Waals surface area contributed by atoms with Gasteiger partial charge in [0, 0.05) is 13.1 Å². The Kier molecular flexibility index (Phi) is 2.96. The first kappa shape index (κ1) is 8.90. The van der Waals surface area contributed by atoms with E-state index in [0.717, 1.165) is 13.1 Å². The van der Waals surface area contributed by atoms with Gasteiger partial charge in [0.1, 0.15) is 0 Å². The lowest BCUT2D eigenvalue weighted by Crippen LogP contribution is -2.24. The molecule has 0 amide bonds. The van der Waals surface area contributed by atoms with Gasteiger partial charge in [0.2, 0.25) is 5.95 Å². The van der Waals surface area contributed by atoms with E-state index in [0.29, 0.717) is 5.95 Å². The van der Waals surface area contributed by atoms with Crippen molar-refractivity contribution in [1.29, 1.82) is 0 Å². The molecule has 1 rings (SSSR count). The Morgan fingerprint density at radius 3 is 2.17 bits per heavy atom. The minimum absolute atomic E-state index is 0.397. The van der Waals surface area contributed by atoms with Crippen molar-refractivity contribution in [2.75, 3.05) is 18.0 Å². The highest BCUT2D eigenvalue weighted by molar-refractivity contribution is 5.27. The quantitative estimate of drug-likeness (QED) is 0.686. The van der Waals surface area contributed by atoms with Crippen molar-refractivity contribution in [3.05, 3.63) is 18.2 Å². The minimum atomic E-state index is -0.397. The maximum atomic E-state index is 12.4. The molecule has 4 heteroatoms. The Bertz CT molecular complexity index is 231. The summed E-state index contributed by atoms with van der Waals surface area (Å²) in [5.41, 5.74) is 0. The summed E-state index contributed by atoms with van der Waals surface area (Å²) in [4.78, 5) is 9.68. The third-order valence-corrected chi connectivity index (χ3v) is 1.65. The largest absolute Gasteiger partial charge is 0.341 e. The van der Waals surface area contributed by atoms with Crippen LogP contribution < -0.4 is 4.90 Å². The molecule has 3 nitrogen and oxygen atoms in total. The third kappa shape index (κ3) is 1.90. The van der Waals surface area contributed by atoms with Crippen LogP contribution in [0.1, 0.15) is 13.8 Å². The minimum Gasteiger partial charge on any atom is -0.341 e. The highest BCUT2D eigenvalue weighted by Crippen LogP contribution is 2.04. The monoisotopic (exact) mass is 169 g/mol. The molecule has 1 aromatic rings. The van der Waals surface area contributed by atoms with Crippen molar-refractivity contribution in [2.45, 2.75) is 13.8 Å². The average Bonchev–Trinajstić information content (AvgIpc) is 2.10. The predicted molar refractivity (Wildman–Crippen MR) is 45.6 cm³/mol. The van der Waals surface area contributed by atoms with Crippen LogP contribution >= 0.6 is 0 Å². The molecule has 0 aliphatic carbocycles. The van der Waals surface area contributed by atoms with Gasteiger partial charge in [0.05, 0.1) is 12.4 Å². The fourth-order valence-corrected chi connectivity index (χ4v) is 0.975. The predicted octanol–water partition coefficient (Wildman–Crippen LogP) is 1.46. The second kappa shape index (κ2) is 3.99. The van der Waals surface area contributed by atoms with E-state index in [1.165, 1.54) is 12.4 Å². The van der Waals surface area contributed by atoms with Crippen molar-refractivity contribution in [3.8, 4) is 0 Å². The van der Waals surface area contributed by atoms with Gasteiger partial charge in [-0.25, -0.2) is 14.4 Å². The molecular weight excluding hydrogens is 157 g/mol. The molecule has 0 N–H and O–H groups in total. The maximum absolute atomic E-state index is 12.4. The van der Waals surface area contributed by atoms with Gasteiger partial charge < -0.3 is 4.90 Å². The molecule has 0 fully saturated rings. The summed E-state index contributed by atoms with van der Waals surface area (Å²) in [6.07, 6.45) is 2.36. The van der Waals surface area contributed by atoms with Crippen molar-refractivity contribution >= 4 is 5.95 Å². The van der Waals surface area contributed by atoms with Crippen LogP contribution in [-0.2, 0) is 0 Å². The van der Waals surface area contributed by atoms with Gasteiger partial charge in [0.15, 0.2) is 5.82 Å². The molecule has 0 saturated carbocycles. The second-order valence-corrected chi connectivity index (χ2v) is 2.37. The summed E-state index contributed by atoms with van der Waals surface area (Å²) in [7, 11) is 0. The summed E-state index contributed by atoms with van der Waals surface area (Å²) in [6.45, 7) is 5.69. The van der Waals surface area contributed by atoms with Crippen LogP contribution in [-0.4, -0.2) is 23.1 Å². The Morgan fingerprint density at radius 1 is 1.25 bits per heavy atom. The van der Waals surface area contributed by atoms with E-state index in [1.54, 1.807) is 0 Å². The summed E-state index contributed by atoms with van der Waals surface area (Å²) >= 11 is 0. The number of hydrogen-bond acceptors (Lipinski definition) is 3. The number of nitrogens with zero attached hydrogens (tertiary/aromatic N) is 3. The fraction of sp³-hybridized carbons (Fsp3) is 0.500. The van der Waals surface area contributed by atoms with Crippen LogP contribution in [0.4, 0.5) is 10.3 Å². The molecule has 12 heavy (non-hydrogen) atoms. The number of halogens is 1. The Morgan fingerprint density at radius 2 is 1.75 bits per heavy atom. The van der Waals surface area contributed by atoms with E-state index in [1.807, 2.05) is 18.7 Å². The molecule has 0 aliphatic rings. The van der Waals surface area contributed by atoms with Gasteiger partial charge >= 0.3 is 0 Å². The summed E-state index contributed by atoms with van der Waals surface area (Å²) < 4.78 is 12.4. The zero-order valence-electron chi connectivity index (χ0n) is 7.29. The molecule has 0 bridgehead atoms. The first-order valence-corrected chi connectivity index (χ1v) is 4.00. The molecule has 0 atom stereocenters. The van der Waals surface area contributed by atoms with E-state index in [4.69, 9.17) is 0 Å². The molecule has 1 aromatic heterocycles. The number of aromatic nitrogens is 2. The molecule has 0 unspecified atom stereocenters. The summed E-state index contributed by atoms with van der Waals surface area (Å²) in [6, 6.07) is 0. The van der Waals surface area contributed by atoms with Crippen LogP contribution in [0.15, 0.2) is 12.4 Å². The lowest BCUT2D eigenvalue weighted by Gasteiger charge is -2.17. The third-order valence-electron chi connectivity index (χ3n) is 1.65. The van der Waals surface area contributed by atoms with Crippen LogP contribution in [0.25, 0.3) is 0 Å². The first-order chi connectivity index (χ1) is 5.77. The summed E-state index contributed by atoms with van der Waals surface area (Å²) in [5, 5.41) is 0. The van der Waals surface area contributed by atoms with Crippen LogP contribution in [0.5, 0.6) is 0 Å². The van der Waals surface area contributed by atoms with E-state index in [9.17, 15) is 4.39 Å². The molecule has 1 heterocycles. The zero-order chi connectivity index (χ0) is 8.97. The van der Waals surface area contributed by atoms with Crippen molar-refractivity contribution < 1.29 is 4.39 Å². The van der Waals surface area contributed by atoms with E-state index >= 15 is 0 Å². The Hall–Kier alpha value is -1.19. The molecule has 0 spiro atoms. The summed E-state index contributed by atoms with van der Waals surface area (Å²) in [5.74, 6) is 0.187. The number of rotatable bonds is 3. The molecular formula is C8H12FN3. The topological polar surface area (TPSA) is 29.0 Å². The lowest BCUT2D eigenvalue weighted by atomic mass is 10.5. The highest BCUT2D eigenvalue weighted by Gasteiger charge is 2.03. The first-order valence-electron chi connectivity index (χ1n) is 4.00. The van der Waals surface area contributed by atoms with Gasteiger partial charge in [-0.2, -0.15) is 0 Å². The zero-order valence-corrected chi connectivity index (χ0v) is 7.29. The Balaban J connectivity index is 2.80. The van der Waals surface area contributed by atoms with E-state index in [2.05, 4.69) is 9.97 Å². The normalized spacial score (nSPS) is 9.92. The second-order valence-electron chi connectivity index (χ2n) is 2.37. The van der Waals surface area contributed by atoms with Crippen molar-refractivity contribution in [2.24, 2.45) is 0 Å². The van der Waals surface area contributed by atoms with Crippen LogP contribution in [0, 0.1) is 5.82 Å². The molecule has 66 valence electrons. The molecule has 0 saturated heterocycles. The van der Waals surface area contributed by atoms with Gasteiger partial charge in [-0.1, -0.05) is 0 Å². The van der Waals surface area contributed by atoms with Crippen LogP contribution in [0.2, 0.25) is 0 Å². The van der Waals surface area contributed by atoms with E-state index in [-0.39, 0.29) is 0 Å². The van der Waals surface area contributed by atoms with Crippen molar-refractivity contribution in [1.82, 2.24) is 9.97 Å². The smallest absolute Gasteiger partial charge is 0.225 e. The highest BCUT2D eigenvalue weighted by atomic mass is 19.1. The average molecular weight is 169 g/mol. The Labute approximate surface area is 71.3 Å². The van der Waals surface area contributed by atoms with E-state index < -0.39 is 5.82 Å². The lowest BCUT2D eigenvalue weighted by molar-refractivity contribution is 0.611. The molecule has 0 aliphatic heterocycles. The fourth-order valence-electron chi connectivity index (χ4n) is 0.975. The maximum Gasteiger partial charge on any atom is 0.225 e. The standard InChI is InChI=1S/C8H12FN3/c1-3-12(4-2)8-10-5-7(9)6-11-8/h5-6H,3-4H2,1-2H3. The van der Waals surface area contributed by atoms with Gasteiger partial charge in [-0.3, -0.25) is 0 Å². The van der Waals surface area contributed by atoms with Crippen LogP contribution in [0.3, 0.4) is 0 Å². The van der Waals surface area contributed by atoms with Gasteiger partial charge in [0.25, 0.3) is 0 Å². The number of hydrogen-bond donors (Lipinski definition) is 0. The molecule has 0 radical (unpaired) electrons. The molecule has 0 aromatic carbocycles. The van der Waals surface area contributed by atoms with Crippen molar-refractivity contribution in [3.63, 3.8) is 0 Å². The SMILES string of the molecule is CCN(CC)c1ncc(F)cn1. The van der Waals surface area contributed by atoms with Gasteiger partial charge in [-0.05, 0) is 13.8 Å². The number of anilines is 1. The van der Waals surface area contributed by atoms with Gasteiger partial charge in [-0.15, -0.1) is 0 Å².